The van der Waals surface area contributed by atoms with Gasteiger partial charge in [0.25, 0.3) is 0 Å². The number of rotatable bonds is 10. The molecule has 0 aliphatic carbocycles. The molecule has 2 aromatic carbocycles. The summed E-state index contributed by atoms with van der Waals surface area (Å²) in [5.41, 5.74) is 2.56. The molecular weight excluding hydrogens is 623 g/mol. The lowest BCUT2D eigenvalue weighted by atomic mass is 10.0. The van der Waals surface area contributed by atoms with E-state index in [1.165, 1.54) is 24.9 Å². The van der Waals surface area contributed by atoms with Crippen LogP contribution < -0.4 is 25.3 Å². The number of amides is 1. The van der Waals surface area contributed by atoms with Crippen molar-refractivity contribution in [3.05, 3.63) is 71.8 Å². The molecule has 0 bridgehead atoms. The molecule has 11 nitrogen and oxygen atoms in total. The van der Waals surface area contributed by atoms with Crippen LogP contribution in [0.1, 0.15) is 37.3 Å². The zero-order valence-electron chi connectivity index (χ0n) is 27.1. The monoisotopic (exact) mass is 664 g/mol. The molecule has 4 heterocycles. The number of hydrogen-bond donors (Lipinski definition) is 2. The van der Waals surface area contributed by atoms with Gasteiger partial charge in [-0.15, -0.1) is 0 Å². The molecule has 2 atom stereocenters. The summed E-state index contributed by atoms with van der Waals surface area (Å²) >= 11 is 6.07. The molecule has 1 unspecified atom stereocenters. The number of piperidine rings is 1. The van der Waals surface area contributed by atoms with E-state index < -0.39 is 11.9 Å². The molecule has 3 aliphatic heterocycles. The van der Waals surface area contributed by atoms with Crippen LogP contribution in [0.5, 0.6) is 5.75 Å². The number of methoxy groups -OCH3 is 1. The maximum Gasteiger partial charge on any atom is 0.247 e. The highest BCUT2D eigenvalue weighted by Gasteiger charge is 2.33. The fourth-order valence-electron chi connectivity index (χ4n) is 6.80. The first kappa shape index (κ1) is 33.0. The number of anilines is 5. The first-order chi connectivity index (χ1) is 22.7. The number of hydrogen-bond acceptors (Lipinski definition) is 10. The highest BCUT2D eigenvalue weighted by Crippen LogP contribution is 2.41. The standard InChI is InChI=1S/C34H42ClFN8O3/c1-5-33(45)40-26-17-27(30(46-4)18-29(26)42-13-9-22(10-14-42)43-15-11-23(20-43)41(2)3)39-31-19-32(38-21-37-31)44-28(12-16-47-44)24-7-6-8-25(35)34(24)36/h5-8,17-19,21-23,28H,1,9-16,20H2,2-4H3,(H,40,45)(H,37,38,39)/t23?,28-/m1/s1. The molecule has 1 aromatic heterocycles. The first-order valence-electron chi connectivity index (χ1n) is 16.0. The molecule has 0 radical (unpaired) electrons. The minimum atomic E-state index is -0.473. The Bertz CT molecular complexity index is 1600. The summed E-state index contributed by atoms with van der Waals surface area (Å²) in [6, 6.07) is 11.2. The Labute approximate surface area is 280 Å². The van der Waals surface area contributed by atoms with E-state index >= 15 is 0 Å². The molecule has 47 heavy (non-hydrogen) atoms. The van der Waals surface area contributed by atoms with Gasteiger partial charge >= 0.3 is 0 Å². The van der Waals surface area contributed by atoms with Gasteiger partial charge in [-0.2, -0.15) is 0 Å². The van der Waals surface area contributed by atoms with Gasteiger partial charge in [0.15, 0.2) is 5.82 Å². The van der Waals surface area contributed by atoms with Crippen LogP contribution >= 0.6 is 11.6 Å². The lowest BCUT2D eigenvalue weighted by Crippen LogP contribution is -2.45. The van der Waals surface area contributed by atoms with Gasteiger partial charge in [0.05, 0.1) is 41.8 Å². The van der Waals surface area contributed by atoms with Crippen LogP contribution in [-0.4, -0.2) is 91.7 Å². The van der Waals surface area contributed by atoms with Gasteiger partial charge in [0, 0.05) is 62.4 Å². The molecule has 250 valence electrons. The summed E-state index contributed by atoms with van der Waals surface area (Å²) in [5.74, 6) is 0.727. The summed E-state index contributed by atoms with van der Waals surface area (Å²) in [4.78, 5) is 34.5. The van der Waals surface area contributed by atoms with Crippen molar-refractivity contribution in [1.82, 2.24) is 19.8 Å². The van der Waals surface area contributed by atoms with Crippen LogP contribution in [0.3, 0.4) is 0 Å². The van der Waals surface area contributed by atoms with E-state index in [2.05, 4.69) is 56.0 Å². The van der Waals surface area contributed by atoms with Crippen molar-refractivity contribution in [2.45, 2.75) is 43.8 Å². The summed E-state index contributed by atoms with van der Waals surface area (Å²) < 4.78 is 20.8. The van der Waals surface area contributed by atoms with E-state index in [4.69, 9.17) is 21.2 Å². The largest absolute Gasteiger partial charge is 0.494 e. The number of carbonyl (C=O) groups is 1. The SMILES string of the molecule is C=CC(=O)Nc1cc(Nc2cc(N3OCC[C@@H]3c3cccc(Cl)c3F)ncn2)c(OC)cc1N1CCC(N2CCC(N(C)C)C2)CC1. The molecule has 3 fully saturated rings. The van der Waals surface area contributed by atoms with Crippen molar-refractivity contribution in [3.63, 3.8) is 0 Å². The normalized spacial score (nSPS) is 20.6. The number of carbonyl (C=O) groups excluding carboxylic acids is 1. The number of nitrogens with zero attached hydrogens (tertiary/aromatic N) is 6. The van der Waals surface area contributed by atoms with Crippen molar-refractivity contribution in [2.24, 2.45) is 0 Å². The van der Waals surface area contributed by atoms with Crippen molar-refractivity contribution in [1.29, 1.82) is 0 Å². The molecule has 3 aromatic rings. The van der Waals surface area contributed by atoms with Gasteiger partial charge in [-0.1, -0.05) is 30.3 Å². The minimum absolute atomic E-state index is 0.0587. The van der Waals surface area contributed by atoms with Crippen LogP contribution in [0, 0.1) is 5.82 Å². The number of hydroxylamine groups is 1. The summed E-state index contributed by atoms with van der Waals surface area (Å²) in [6.07, 6.45) is 6.53. The average molecular weight is 665 g/mol. The van der Waals surface area contributed by atoms with Gasteiger partial charge in [-0.05, 0) is 51.6 Å². The van der Waals surface area contributed by atoms with Crippen molar-refractivity contribution in [3.8, 4) is 5.75 Å². The molecule has 13 heteroatoms. The second-order valence-corrected chi connectivity index (χ2v) is 12.8. The number of benzene rings is 2. The molecule has 3 saturated heterocycles. The third kappa shape index (κ3) is 7.15. The van der Waals surface area contributed by atoms with Gasteiger partial charge in [-0.25, -0.2) is 19.4 Å². The second-order valence-electron chi connectivity index (χ2n) is 12.4. The molecule has 6 rings (SSSR count). The third-order valence-electron chi connectivity index (χ3n) is 9.39. The maximum absolute atomic E-state index is 14.9. The fourth-order valence-corrected chi connectivity index (χ4v) is 6.99. The van der Waals surface area contributed by atoms with Gasteiger partial charge in [0.1, 0.15) is 23.7 Å². The zero-order chi connectivity index (χ0) is 33.1. The quantitative estimate of drug-likeness (QED) is 0.265. The summed E-state index contributed by atoms with van der Waals surface area (Å²) in [5, 5.41) is 7.96. The van der Waals surface area contributed by atoms with Crippen LogP contribution in [0.2, 0.25) is 5.02 Å². The van der Waals surface area contributed by atoms with E-state index in [1.807, 2.05) is 12.1 Å². The van der Waals surface area contributed by atoms with Crippen molar-refractivity contribution in [2.75, 3.05) is 74.6 Å². The smallest absolute Gasteiger partial charge is 0.247 e. The molecule has 2 N–H and O–H groups in total. The number of aromatic nitrogens is 2. The van der Waals surface area contributed by atoms with Crippen LogP contribution in [0.15, 0.2) is 55.4 Å². The lowest BCUT2D eigenvalue weighted by Gasteiger charge is -2.39. The Kier molecular flexibility index (Phi) is 10.1. The number of halogens is 2. The van der Waals surface area contributed by atoms with Gasteiger partial charge in [0.2, 0.25) is 5.91 Å². The highest BCUT2D eigenvalue weighted by molar-refractivity contribution is 6.30. The Hall–Kier alpha value is -3.97. The van der Waals surface area contributed by atoms with Gasteiger partial charge in [-0.3, -0.25) is 14.5 Å². The number of ether oxygens (including phenoxy) is 1. The fraction of sp³-hybridized carbons (Fsp3) is 0.441. The van der Waals surface area contributed by atoms with Gasteiger partial charge < -0.3 is 25.2 Å². The number of likely N-dealkylation sites (N-methyl/N-ethyl adjacent to an activating group) is 1. The molecule has 3 aliphatic rings. The second kappa shape index (κ2) is 14.4. The average Bonchev–Trinajstić information content (AvgIpc) is 3.78. The van der Waals surface area contributed by atoms with Crippen molar-refractivity contribution >= 4 is 46.2 Å². The van der Waals surface area contributed by atoms with Crippen LogP contribution in [0.25, 0.3) is 0 Å². The van der Waals surface area contributed by atoms with Crippen molar-refractivity contribution < 1.29 is 18.8 Å². The van der Waals surface area contributed by atoms with E-state index in [1.54, 1.807) is 30.4 Å². The predicted molar refractivity (Wildman–Crippen MR) is 183 cm³/mol. The van der Waals surface area contributed by atoms with E-state index in [0.717, 1.165) is 44.7 Å². The molecule has 0 saturated carbocycles. The summed E-state index contributed by atoms with van der Waals surface area (Å²) in [6.45, 7) is 8.01. The predicted octanol–water partition coefficient (Wildman–Crippen LogP) is 5.63. The summed E-state index contributed by atoms with van der Waals surface area (Å²) in [7, 11) is 5.93. The van der Waals surface area contributed by atoms with E-state index in [-0.39, 0.29) is 10.9 Å². The highest BCUT2D eigenvalue weighted by atomic mass is 35.5. The molecular formula is C34H42ClFN8O3. The Morgan fingerprint density at radius 1 is 1.13 bits per heavy atom. The topological polar surface area (TPSA) is 98.3 Å². The zero-order valence-corrected chi connectivity index (χ0v) is 27.8. The number of likely N-dealkylation sites (tertiary alicyclic amines) is 1. The minimum Gasteiger partial charge on any atom is -0.494 e. The van der Waals surface area contributed by atoms with Crippen LogP contribution in [-0.2, 0) is 9.63 Å². The molecule has 1 amide bonds. The third-order valence-corrected chi connectivity index (χ3v) is 9.69. The molecule has 0 spiro atoms. The first-order valence-corrected chi connectivity index (χ1v) is 16.4. The lowest BCUT2D eigenvalue weighted by molar-refractivity contribution is -0.111. The van der Waals surface area contributed by atoms with E-state index in [9.17, 15) is 9.18 Å². The number of nitrogens with one attached hydrogen (secondary N) is 2. The Morgan fingerprint density at radius 2 is 1.94 bits per heavy atom. The maximum atomic E-state index is 14.9. The Balaban J connectivity index is 1.22. The van der Waals surface area contributed by atoms with Crippen LogP contribution in [0.4, 0.5) is 33.1 Å². The van der Waals surface area contributed by atoms with E-state index in [0.29, 0.717) is 59.4 Å². The Morgan fingerprint density at radius 3 is 2.66 bits per heavy atom.